The molecule has 2 rings (SSSR count). The average Bonchev–Trinajstić information content (AvgIpc) is 2.41. The first-order valence-corrected chi connectivity index (χ1v) is 6.78. The number of aliphatic hydroxyl groups excluding tert-OH is 1. The Hall–Kier alpha value is -1.13. The van der Waals surface area contributed by atoms with Gasteiger partial charge in [0.05, 0.1) is 0 Å². The Kier molecular flexibility index (Phi) is 4.55. The van der Waals surface area contributed by atoms with Crippen LogP contribution in [-0.2, 0) is 6.42 Å². The molecule has 1 aromatic heterocycles. The van der Waals surface area contributed by atoms with Gasteiger partial charge in [0.2, 0.25) is 0 Å². The van der Waals surface area contributed by atoms with Crippen molar-refractivity contribution in [2.24, 2.45) is 0 Å². The van der Waals surface area contributed by atoms with E-state index in [4.69, 9.17) is 5.11 Å². The maximum Gasteiger partial charge on any atom is 0.128 e. The first-order valence-electron chi connectivity index (χ1n) is 6.78. The van der Waals surface area contributed by atoms with Gasteiger partial charge in [0.25, 0.3) is 0 Å². The number of nitrogens with zero attached hydrogens (tertiary/aromatic N) is 3. The molecule has 1 aliphatic heterocycles. The van der Waals surface area contributed by atoms with Crippen molar-refractivity contribution >= 4 is 5.82 Å². The molecular formula is C14H23N3O. The van der Waals surface area contributed by atoms with Crippen LogP contribution >= 0.6 is 0 Å². The van der Waals surface area contributed by atoms with E-state index in [0.29, 0.717) is 6.42 Å². The van der Waals surface area contributed by atoms with Crippen LogP contribution in [-0.4, -0.2) is 54.3 Å². The van der Waals surface area contributed by atoms with Gasteiger partial charge in [-0.2, -0.15) is 0 Å². The van der Waals surface area contributed by atoms with Crippen LogP contribution in [0.3, 0.4) is 0 Å². The molecule has 0 unspecified atom stereocenters. The first kappa shape index (κ1) is 13.3. The summed E-state index contributed by atoms with van der Waals surface area (Å²) in [6.45, 7) is 9.98. The van der Waals surface area contributed by atoms with Crippen molar-refractivity contribution < 1.29 is 5.11 Å². The smallest absolute Gasteiger partial charge is 0.128 e. The normalized spacial score (nSPS) is 17.2. The maximum atomic E-state index is 8.97. The number of pyridine rings is 1. The SMILES string of the molecule is CCN1CCN(c2cc(C)c(CCO)cn2)CC1. The van der Waals surface area contributed by atoms with Crippen molar-refractivity contribution in [3.63, 3.8) is 0 Å². The highest BCUT2D eigenvalue weighted by Crippen LogP contribution is 2.17. The highest BCUT2D eigenvalue weighted by atomic mass is 16.2. The van der Waals surface area contributed by atoms with Gasteiger partial charge in [-0.05, 0) is 37.1 Å². The van der Waals surface area contributed by atoms with Gasteiger partial charge in [0.1, 0.15) is 5.82 Å². The van der Waals surface area contributed by atoms with Crippen LogP contribution < -0.4 is 4.90 Å². The van der Waals surface area contributed by atoms with E-state index in [1.54, 1.807) is 0 Å². The fourth-order valence-corrected chi connectivity index (χ4v) is 2.42. The molecule has 1 saturated heterocycles. The molecule has 0 atom stereocenters. The predicted molar refractivity (Wildman–Crippen MR) is 74.1 cm³/mol. The van der Waals surface area contributed by atoms with E-state index < -0.39 is 0 Å². The summed E-state index contributed by atoms with van der Waals surface area (Å²) >= 11 is 0. The molecule has 0 amide bonds. The number of aromatic nitrogens is 1. The zero-order chi connectivity index (χ0) is 13.0. The largest absolute Gasteiger partial charge is 0.396 e. The molecule has 0 saturated carbocycles. The number of hydrogen-bond donors (Lipinski definition) is 1. The van der Waals surface area contributed by atoms with Gasteiger partial charge in [-0.3, -0.25) is 0 Å². The highest BCUT2D eigenvalue weighted by Gasteiger charge is 2.17. The second-order valence-electron chi connectivity index (χ2n) is 4.86. The minimum atomic E-state index is 0.192. The molecule has 1 N–H and O–H groups in total. The molecule has 0 spiro atoms. The molecule has 2 heterocycles. The van der Waals surface area contributed by atoms with E-state index in [9.17, 15) is 0 Å². The average molecular weight is 249 g/mol. The summed E-state index contributed by atoms with van der Waals surface area (Å²) in [5.41, 5.74) is 2.38. The molecule has 4 heteroatoms. The Labute approximate surface area is 109 Å². The Balaban J connectivity index is 2.03. The lowest BCUT2D eigenvalue weighted by molar-refractivity contribution is 0.270. The van der Waals surface area contributed by atoms with E-state index in [1.807, 2.05) is 6.20 Å². The number of hydrogen-bond acceptors (Lipinski definition) is 4. The van der Waals surface area contributed by atoms with Crippen molar-refractivity contribution in [1.82, 2.24) is 9.88 Å². The third-order valence-corrected chi connectivity index (χ3v) is 3.73. The molecule has 1 fully saturated rings. The lowest BCUT2D eigenvalue weighted by Gasteiger charge is -2.35. The molecule has 1 aromatic rings. The van der Waals surface area contributed by atoms with E-state index in [-0.39, 0.29) is 6.61 Å². The third kappa shape index (κ3) is 3.00. The van der Waals surface area contributed by atoms with Crippen LogP contribution in [0.2, 0.25) is 0 Å². The van der Waals surface area contributed by atoms with Crippen LogP contribution in [0.5, 0.6) is 0 Å². The molecule has 100 valence electrons. The summed E-state index contributed by atoms with van der Waals surface area (Å²) in [5, 5.41) is 8.97. The van der Waals surface area contributed by atoms with Gasteiger partial charge in [0.15, 0.2) is 0 Å². The summed E-state index contributed by atoms with van der Waals surface area (Å²) in [4.78, 5) is 9.34. The van der Waals surface area contributed by atoms with Crippen LogP contribution in [0.15, 0.2) is 12.3 Å². The molecule has 0 radical (unpaired) electrons. The van der Waals surface area contributed by atoms with E-state index >= 15 is 0 Å². The van der Waals surface area contributed by atoms with Crippen LogP contribution in [0.25, 0.3) is 0 Å². The first-order chi connectivity index (χ1) is 8.74. The molecule has 0 bridgehead atoms. The summed E-state index contributed by atoms with van der Waals surface area (Å²) in [6.07, 6.45) is 2.61. The lowest BCUT2D eigenvalue weighted by Crippen LogP contribution is -2.46. The highest BCUT2D eigenvalue weighted by molar-refractivity contribution is 5.44. The van der Waals surface area contributed by atoms with Gasteiger partial charge in [-0.25, -0.2) is 4.98 Å². The van der Waals surface area contributed by atoms with E-state index in [0.717, 1.165) is 44.1 Å². The van der Waals surface area contributed by atoms with Gasteiger partial charge < -0.3 is 14.9 Å². The van der Waals surface area contributed by atoms with Gasteiger partial charge in [0, 0.05) is 39.0 Å². The predicted octanol–water partition coefficient (Wildman–Crippen LogP) is 1.07. The second kappa shape index (κ2) is 6.16. The van der Waals surface area contributed by atoms with Crippen molar-refractivity contribution in [2.75, 3.05) is 44.2 Å². The standard InChI is InChI=1S/C14H23N3O/c1-3-16-5-7-17(8-6-16)14-10-12(2)13(4-9-18)11-15-14/h10-11,18H,3-9H2,1-2H3. The quantitative estimate of drug-likeness (QED) is 0.866. The zero-order valence-corrected chi connectivity index (χ0v) is 11.4. The van der Waals surface area contributed by atoms with Crippen molar-refractivity contribution in [2.45, 2.75) is 20.3 Å². The number of aryl methyl sites for hydroxylation is 1. The van der Waals surface area contributed by atoms with Crippen LogP contribution in [0, 0.1) is 6.92 Å². The molecule has 4 nitrogen and oxygen atoms in total. The number of piperazine rings is 1. The van der Waals surface area contributed by atoms with Crippen LogP contribution in [0.4, 0.5) is 5.82 Å². The van der Waals surface area contributed by atoms with Crippen molar-refractivity contribution in [1.29, 1.82) is 0 Å². The Bertz CT molecular complexity index is 387. The second-order valence-corrected chi connectivity index (χ2v) is 4.86. The van der Waals surface area contributed by atoms with E-state index in [2.05, 4.69) is 34.7 Å². The minimum absolute atomic E-state index is 0.192. The summed E-state index contributed by atoms with van der Waals surface area (Å²) < 4.78 is 0. The molecule has 1 aliphatic rings. The van der Waals surface area contributed by atoms with Gasteiger partial charge in [-0.1, -0.05) is 6.92 Å². The molecule has 0 aromatic carbocycles. The Morgan fingerprint density at radius 1 is 1.28 bits per heavy atom. The Morgan fingerprint density at radius 2 is 2.00 bits per heavy atom. The molecule has 0 aliphatic carbocycles. The number of likely N-dealkylation sites (N-methyl/N-ethyl adjacent to an activating group) is 1. The molecule has 18 heavy (non-hydrogen) atoms. The van der Waals surface area contributed by atoms with Crippen LogP contribution in [0.1, 0.15) is 18.1 Å². The monoisotopic (exact) mass is 249 g/mol. The van der Waals surface area contributed by atoms with E-state index in [1.165, 1.54) is 5.56 Å². The topological polar surface area (TPSA) is 39.6 Å². The summed E-state index contributed by atoms with van der Waals surface area (Å²) in [5.74, 6) is 1.07. The third-order valence-electron chi connectivity index (χ3n) is 3.73. The zero-order valence-electron chi connectivity index (χ0n) is 11.4. The van der Waals surface area contributed by atoms with Gasteiger partial charge in [-0.15, -0.1) is 0 Å². The summed E-state index contributed by atoms with van der Waals surface area (Å²) in [7, 11) is 0. The summed E-state index contributed by atoms with van der Waals surface area (Å²) in [6, 6.07) is 2.15. The van der Waals surface area contributed by atoms with Crippen molar-refractivity contribution in [3.05, 3.63) is 23.4 Å². The molecular weight excluding hydrogens is 226 g/mol. The number of anilines is 1. The number of aliphatic hydroxyl groups is 1. The fraction of sp³-hybridized carbons (Fsp3) is 0.643. The minimum Gasteiger partial charge on any atom is -0.396 e. The van der Waals surface area contributed by atoms with Crippen molar-refractivity contribution in [3.8, 4) is 0 Å². The fourth-order valence-electron chi connectivity index (χ4n) is 2.42. The maximum absolute atomic E-state index is 8.97. The van der Waals surface area contributed by atoms with Gasteiger partial charge >= 0.3 is 0 Å². The Morgan fingerprint density at radius 3 is 2.56 bits per heavy atom. The number of rotatable bonds is 4. The lowest BCUT2D eigenvalue weighted by atomic mass is 10.1.